The van der Waals surface area contributed by atoms with E-state index in [-0.39, 0.29) is 17.7 Å². The fourth-order valence-corrected chi connectivity index (χ4v) is 4.72. The van der Waals surface area contributed by atoms with Gasteiger partial charge in [-0.2, -0.15) is 0 Å². The van der Waals surface area contributed by atoms with Crippen molar-refractivity contribution in [1.82, 2.24) is 9.80 Å². The zero-order valence-electron chi connectivity index (χ0n) is 20.2. The lowest BCUT2D eigenvalue weighted by Crippen LogP contribution is -2.52. The third-order valence-electron chi connectivity index (χ3n) is 6.79. The molecule has 8 heteroatoms. The summed E-state index contributed by atoms with van der Waals surface area (Å²) in [7, 11) is 4.79. The maximum Gasteiger partial charge on any atom is 0.253 e. The largest absolute Gasteiger partial charge is 0.497 e. The number of hydrogen-bond donors (Lipinski definition) is 0. The highest BCUT2D eigenvalue weighted by atomic mass is 16.5. The van der Waals surface area contributed by atoms with Gasteiger partial charge in [-0.05, 0) is 55.3 Å². The van der Waals surface area contributed by atoms with Crippen LogP contribution in [0.3, 0.4) is 0 Å². The van der Waals surface area contributed by atoms with Crippen LogP contribution in [-0.2, 0) is 4.79 Å². The molecule has 0 bridgehead atoms. The molecular formula is C26H33N3O5. The first kappa shape index (κ1) is 23.7. The van der Waals surface area contributed by atoms with Gasteiger partial charge in [0.1, 0.15) is 5.75 Å². The number of methoxy groups -OCH3 is 3. The fraction of sp³-hybridized carbons (Fsp3) is 0.462. The van der Waals surface area contributed by atoms with Crippen LogP contribution in [0.1, 0.15) is 23.2 Å². The molecule has 2 fully saturated rings. The van der Waals surface area contributed by atoms with E-state index in [0.717, 1.165) is 37.6 Å². The molecule has 4 rings (SSSR count). The molecule has 0 aliphatic carbocycles. The van der Waals surface area contributed by atoms with Crippen molar-refractivity contribution in [3.63, 3.8) is 0 Å². The summed E-state index contributed by atoms with van der Waals surface area (Å²) in [5.41, 5.74) is 1.71. The lowest BCUT2D eigenvalue weighted by Gasteiger charge is -2.39. The van der Waals surface area contributed by atoms with Crippen LogP contribution in [0.25, 0.3) is 0 Å². The van der Waals surface area contributed by atoms with Gasteiger partial charge < -0.3 is 28.9 Å². The minimum Gasteiger partial charge on any atom is -0.497 e. The summed E-state index contributed by atoms with van der Waals surface area (Å²) in [5, 5.41) is 0. The van der Waals surface area contributed by atoms with Crippen LogP contribution in [-0.4, -0.2) is 82.2 Å². The van der Waals surface area contributed by atoms with Gasteiger partial charge in [0.15, 0.2) is 11.5 Å². The molecule has 2 heterocycles. The van der Waals surface area contributed by atoms with E-state index in [1.54, 1.807) is 39.5 Å². The summed E-state index contributed by atoms with van der Waals surface area (Å²) in [5.74, 6) is 2.12. The Balaban J connectivity index is 1.28. The molecule has 0 unspecified atom stereocenters. The topological polar surface area (TPSA) is 71.6 Å². The maximum absolute atomic E-state index is 13.1. The summed E-state index contributed by atoms with van der Waals surface area (Å²) < 4.78 is 15.8. The van der Waals surface area contributed by atoms with Gasteiger partial charge in [-0.3, -0.25) is 9.59 Å². The Bertz CT molecular complexity index is 994. The summed E-state index contributed by atoms with van der Waals surface area (Å²) in [6.45, 7) is 4.22. The zero-order valence-corrected chi connectivity index (χ0v) is 20.2. The molecule has 2 aliphatic heterocycles. The van der Waals surface area contributed by atoms with Crippen LogP contribution in [0.4, 0.5) is 5.69 Å². The van der Waals surface area contributed by atoms with Crippen LogP contribution in [0.15, 0.2) is 42.5 Å². The van der Waals surface area contributed by atoms with Gasteiger partial charge in [0.2, 0.25) is 5.91 Å². The van der Waals surface area contributed by atoms with Gasteiger partial charge in [-0.1, -0.05) is 0 Å². The molecule has 2 aromatic carbocycles. The normalized spacial score (nSPS) is 16.9. The SMILES string of the molecule is COc1ccc(N2CCN(C(=O)C3CCN(C(=O)c4ccc(OC)c(OC)c4)CC3)CC2)cc1. The number of benzene rings is 2. The number of hydrogen-bond acceptors (Lipinski definition) is 6. The van der Waals surface area contributed by atoms with E-state index in [0.29, 0.717) is 43.0 Å². The number of anilines is 1. The van der Waals surface area contributed by atoms with E-state index in [1.807, 2.05) is 21.9 Å². The molecule has 2 amide bonds. The van der Waals surface area contributed by atoms with Gasteiger partial charge in [-0.25, -0.2) is 0 Å². The summed E-state index contributed by atoms with van der Waals surface area (Å²) in [6, 6.07) is 13.2. The third-order valence-corrected chi connectivity index (χ3v) is 6.79. The first-order chi connectivity index (χ1) is 16.5. The van der Waals surface area contributed by atoms with Crippen LogP contribution in [0.2, 0.25) is 0 Å². The second-order valence-corrected chi connectivity index (χ2v) is 8.65. The van der Waals surface area contributed by atoms with Crippen molar-refractivity contribution in [3.8, 4) is 17.2 Å². The number of piperidine rings is 1. The third kappa shape index (κ3) is 5.05. The Kier molecular flexibility index (Phi) is 7.45. The van der Waals surface area contributed by atoms with E-state index in [9.17, 15) is 9.59 Å². The standard InChI is InChI=1S/C26H33N3O5/c1-32-22-7-5-21(6-8-22)27-14-16-29(17-15-27)25(30)19-10-12-28(13-11-19)26(31)20-4-9-23(33-2)24(18-20)34-3/h4-9,18-19H,10-17H2,1-3H3. The Morgan fingerprint density at radius 1 is 0.735 bits per heavy atom. The number of ether oxygens (including phenoxy) is 3. The Hall–Kier alpha value is -3.42. The van der Waals surface area contributed by atoms with Crippen LogP contribution < -0.4 is 19.1 Å². The van der Waals surface area contributed by atoms with E-state index in [4.69, 9.17) is 14.2 Å². The minimum absolute atomic E-state index is 0.0259. The second-order valence-electron chi connectivity index (χ2n) is 8.65. The van der Waals surface area contributed by atoms with Crippen LogP contribution in [0, 0.1) is 5.92 Å². The van der Waals surface area contributed by atoms with Crippen molar-refractivity contribution in [3.05, 3.63) is 48.0 Å². The van der Waals surface area contributed by atoms with Crippen molar-refractivity contribution < 1.29 is 23.8 Å². The lowest BCUT2D eigenvalue weighted by atomic mass is 9.94. The minimum atomic E-state index is -0.0417. The quantitative estimate of drug-likeness (QED) is 0.651. The first-order valence-electron chi connectivity index (χ1n) is 11.7. The maximum atomic E-state index is 13.1. The number of rotatable bonds is 6. The molecule has 182 valence electrons. The van der Waals surface area contributed by atoms with E-state index in [2.05, 4.69) is 17.0 Å². The molecule has 34 heavy (non-hydrogen) atoms. The molecule has 2 aliphatic rings. The molecule has 0 radical (unpaired) electrons. The van der Waals surface area contributed by atoms with Crippen molar-refractivity contribution in [2.75, 3.05) is 65.5 Å². The molecule has 2 aromatic rings. The predicted octanol–water partition coefficient (Wildman–Crippen LogP) is 2.91. The van der Waals surface area contributed by atoms with E-state index < -0.39 is 0 Å². The summed E-state index contributed by atoms with van der Waals surface area (Å²) in [4.78, 5) is 32.2. The highest BCUT2D eigenvalue weighted by molar-refractivity contribution is 5.95. The van der Waals surface area contributed by atoms with Gasteiger partial charge >= 0.3 is 0 Å². The Labute approximate surface area is 201 Å². The summed E-state index contributed by atoms with van der Waals surface area (Å²) in [6.07, 6.45) is 1.38. The monoisotopic (exact) mass is 467 g/mol. The van der Waals surface area contributed by atoms with Crippen LogP contribution >= 0.6 is 0 Å². The Morgan fingerprint density at radius 2 is 1.38 bits per heavy atom. The first-order valence-corrected chi connectivity index (χ1v) is 11.7. The number of nitrogens with zero attached hydrogens (tertiary/aromatic N) is 3. The predicted molar refractivity (Wildman–Crippen MR) is 130 cm³/mol. The molecule has 0 aromatic heterocycles. The van der Waals surface area contributed by atoms with Crippen molar-refractivity contribution >= 4 is 17.5 Å². The van der Waals surface area contributed by atoms with E-state index >= 15 is 0 Å². The number of carbonyl (C=O) groups is 2. The highest BCUT2D eigenvalue weighted by Gasteiger charge is 2.32. The lowest BCUT2D eigenvalue weighted by molar-refractivity contribution is -0.137. The Morgan fingerprint density at radius 3 is 1.97 bits per heavy atom. The average Bonchev–Trinajstić information content (AvgIpc) is 2.92. The number of piperazine rings is 1. The van der Waals surface area contributed by atoms with Gasteiger partial charge in [0.25, 0.3) is 5.91 Å². The van der Waals surface area contributed by atoms with Crippen LogP contribution in [0.5, 0.6) is 17.2 Å². The fourth-order valence-electron chi connectivity index (χ4n) is 4.72. The average molecular weight is 468 g/mol. The smallest absolute Gasteiger partial charge is 0.253 e. The van der Waals surface area contributed by atoms with Gasteiger partial charge in [-0.15, -0.1) is 0 Å². The summed E-state index contributed by atoms with van der Waals surface area (Å²) >= 11 is 0. The second kappa shape index (κ2) is 10.7. The molecule has 0 spiro atoms. The molecule has 0 saturated carbocycles. The van der Waals surface area contributed by atoms with Gasteiger partial charge in [0, 0.05) is 56.4 Å². The molecule has 8 nitrogen and oxygen atoms in total. The van der Waals surface area contributed by atoms with Crippen molar-refractivity contribution in [1.29, 1.82) is 0 Å². The number of carbonyl (C=O) groups excluding carboxylic acids is 2. The molecule has 0 N–H and O–H groups in total. The van der Waals surface area contributed by atoms with Crippen molar-refractivity contribution in [2.24, 2.45) is 5.92 Å². The van der Waals surface area contributed by atoms with Gasteiger partial charge in [0.05, 0.1) is 21.3 Å². The van der Waals surface area contributed by atoms with Crippen molar-refractivity contribution in [2.45, 2.75) is 12.8 Å². The van der Waals surface area contributed by atoms with E-state index in [1.165, 1.54) is 0 Å². The molecular weight excluding hydrogens is 434 g/mol. The number of amides is 2. The molecule has 2 saturated heterocycles. The molecule has 0 atom stereocenters. The highest BCUT2D eigenvalue weighted by Crippen LogP contribution is 2.29. The number of likely N-dealkylation sites (tertiary alicyclic amines) is 1. The zero-order chi connectivity index (χ0) is 24.1.